The molecule has 7 nitrogen and oxygen atoms in total. The SMILES string of the molecule is O=C(CCC12CC3CC(C1)CC(c1ccccc1)(C3)C2)N/N=C/c1ccc([N+](=O)[O-])o1. The van der Waals surface area contributed by atoms with Crippen molar-refractivity contribution in [2.75, 3.05) is 0 Å². The number of hydrazone groups is 1. The Morgan fingerprint density at radius 1 is 1.16 bits per heavy atom. The van der Waals surface area contributed by atoms with Gasteiger partial charge in [-0.1, -0.05) is 30.3 Å². The second-order valence-corrected chi connectivity index (χ2v) is 9.83. The van der Waals surface area contributed by atoms with E-state index in [0.29, 0.717) is 6.42 Å². The van der Waals surface area contributed by atoms with E-state index < -0.39 is 4.92 Å². The fraction of sp³-hybridized carbons (Fsp3) is 0.500. The largest absolute Gasteiger partial charge is 0.433 e. The van der Waals surface area contributed by atoms with Crippen LogP contribution in [0.1, 0.15) is 62.7 Å². The molecule has 162 valence electrons. The van der Waals surface area contributed by atoms with E-state index >= 15 is 0 Å². The number of nitrogens with one attached hydrogen (secondary N) is 1. The minimum absolute atomic E-state index is 0.123. The molecule has 4 fully saturated rings. The molecule has 0 aliphatic heterocycles. The fourth-order valence-corrected chi connectivity index (χ4v) is 6.99. The van der Waals surface area contributed by atoms with Gasteiger partial charge in [-0.2, -0.15) is 5.10 Å². The number of hydrogen-bond donors (Lipinski definition) is 1. The van der Waals surface area contributed by atoms with Gasteiger partial charge in [0.2, 0.25) is 5.91 Å². The van der Waals surface area contributed by atoms with Crippen molar-refractivity contribution >= 4 is 18.0 Å². The lowest BCUT2D eigenvalue weighted by atomic mass is 9.42. The predicted molar refractivity (Wildman–Crippen MR) is 116 cm³/mol. The summed E-state index contributed by atoms with van der Waals surface area (Å²) in [5.41, 5.74) is 4.56. The van der Waals surface area contributed by atoms with E-state index in [4.69, 9.17) is 4.42 Å². The summed E-state index contributed by atoms with van der Waals surface area (Å²) in [5, 5.41) is 14.6. The Kier molecular flexibility index (Phi) is 4.91. The lowest BCUT2D eigenvalue weighted by molar-refractivity contribution is -0.402. The van der Waals surface area contributed by atoms with Gasteiger partial charge >= 0.3 is 5.88 Å². The minimum atomic E-state index is -0.608. The topological polar surface area (TPSA) is 97.7 Å². The molecule has 0 radical (unpaired) electrons. The highest BCUT2D eigenvalue weighted by Gasteiger charge is 2.57. The molecule has 1 aromatic carbocycles. The van der Waals surface area contributed by atoms with E-state index in [9.17, 15) is 14.9 Å². The summed E-state index contributed by atoms with van der Waals surface area (Å²) < 4.78 is 5.00. The number of benzene rings is 1. The van der Waals surface area contributed by atoms with Crippen molar-refractivity contribution in [1.82, 2.24) is 5.43 Å². The third kappa shape index (κ3) is 3.89. The first-order valence-corrected chi connectivity index (χ1v) is 11.1. The van der Waals surface area contributed by atoms with Gasteiger partial charge < -0.3 is 4.42 Å². The molecular formula is C24H27N3O4. The molecule has 2 atom stereocenters. The van der Waals surface area contributed by atoms with E-state index in [-0.39, 0.29) is 28.4 Å². The zero-order chi connectivity index (χ0) is 21.5. The molecule has 4 aliphatic carbocycles. The lowest BCUT2D eigenvalue weighted by Crippen LogP contribution is -2.54. The van der Waals surface area contributed by atoms with E-state index in [1.54, 1.807) is 0 Å². The summed E-state index contributed by atoms with van der Waals surface area (Å²) in [5.74, 6) is 1.32. The van der Waals surface area contributed by atoms with E-state index in [0.717, 1.165) is 18.3 Å². The maximum absolute atomic E-state index is 12.4. The Hall–Kier alpha value is -2.96. The van der Waals surface area contributed by atoms with Crippen LogP contribution in [-0.4, -0.2) is 17.0 Å². The first-order chi connectivity index (χ1) is 15.0. The Bertz CT molecular complexity index is 999. The van der Waals surface area contributed by atoms with Gasteiger partial charge in [0.25, 0.3) is 0 Å². The average Bonchev–Trinajstić information content (AvgIpc) is 3.22. The van der Waals surface area contributed by atoms with Crippen molar-refractivity contribution in [2.24, 2.45) is 22.4 Å². The standard InChI is InChI=1S/C24H27N3O4/c28-21(26-25-15-20-6-7-22(31-20)27(29)30)8-9-23-11-17-10-18(12-23)14-24(13-17,16-23)19-4-2-1-3-5-19/h1-7,15,17-18H,8-14,16H2,(H,26,28)/b25-15+. The molecular weight excluding hydrogens is 394 g/mol. The maximum atomic E-state index is 12.4. The van der Waals surface area contributed by atoms with Crippen LogP contribution in [0.25, 0.3) is 0 Å². The van der Waals surface area contributed by atoms with Gasteiger partial charge in [-0.3, -0.25) is 14.9 Å². The van der Waals surface area contributed by atoms with Crippen LogP contribution < -0.4 is 5.43 Å². The van der Waals surface area contributed by atoms with Gasteiger partial charge in [0.15, 0.2) is 5.76 Å². The summed E-state index contributed by atoms with van der Waals surface area (Å²) in [6.45, 7) is 0. The molecule has 4 aliphatic rings. The summed E-state index contributed by atoms with van der Waals surface area (Å²) in [7, 11) is 0. The molecule has 31 heavy (non-hydrogen) atoms. The molecule has 7 heteroatoms. The summed E-state index contributed by atoms with van der Waals surface area (Å²) in [6.07, 6.45) is 10.2. The first-order valence-electron chi connectivity index (χ1n) is 11.1. The number of furan rings is 1. The smallest absolute Gasteiger partial charge is 0.400 e. The number of rotatable bonds is 7. The number of carbonyl (C=O) groups is 1. The molecule has 1 amide bonds. The van der Waals surface area contributed by atoms with Crippen LogP contribution in [0, 0.1) is 27.4 Å². The number of nitrogens with zero attached hydrogens (tertiary/aromatic N) is 2. The van der Waals surface area contributed by atoms with Crippen LogP contribution >= 0.6 is 0 Å². The molecule has 1 aromatic heterocycles. The van der Waals surface area contributed by atoms with Crippen molar-refractivity contribution in [3.8, 4) is 0 Å². The molecule has 6 rings (SSSR count). The average molecular weight is 421 g/mol. The third-order valence-corrected chi connectivity index (χ3v) is 7.62. The quantitative estimate of drug-likeness (QED) is 0.388. The van der Waals surface area contributed by atoms with Crippen molar-refractivity contribution in [1.29, 1.82) is 0 Å². The van der Waals surface area contributed by atoms with Gasteiger partial charge in [-0.05, 0) is 79.2 Å². The van der Waals surface area contributed by atoms with Crippen LogP contribution in [0.15, 0.2) is 52.0 Å². The Morgan fingerprint density at radius 2 is 1.90 bits per heavy atom. The van der Waals surface area contributed by atoms with Crippen LogP contribution in [-0.2, 0) is 10.2 Å². The van der Waals surface area contributed by atoms with Gasteiger partial charge in [0.05, 0.1) is 12.3 Å². The normalized spacial score (nSPS) is 31.2. The van der Waals surface area contributed by atoms with Crippen LogP contribution in [0.3, 0.4) is 0 Å². The molecule has 1 N–H and O–H groups in total. The Morgan fingerprint density at radius 3 is 2.58 bits per heavy atom. The second kappa shape index (κ2) is 7.62. The summed E-state index contributed by atoms with van der Waals surface area (Å²) in [6, 6.07) is 13.7. The molecule has 2 aromatic rings. The van der Waals surface area contributed by atoms with Crippen LogP contribution in [0.5, 0.6) is 0 Å². The highest BCUT2D eigenvalue weighted by molar-refractivity contribution is 5.80. The second-order valence-electron chi connectivity index (χ2n) is 9.83. The van der Waals surface area contributed by atoms with Gasteiger partial charge in [-0.25, -0.2) is 5.43 Å². The van der Waals surface area contributed by atoms with Crippen molar-refractivity contribution < 1.29 is 14.1 Å². The molecule has 0 saturated heterocycles. The number of hydrogen-bond acceptors (Lipinski definition) is 5. The Balaban J connectivity index is 1.21. The zero-order valence-corrected chi connectivity index (χ0v) is 17.5. The van der Waals surface area contributed by atoms with Gasteiger partial charge in [0.1, 0.15) is 4.92 Å². The molecule has 0 spiro atoms. The highest BCUT2D eigenvalue weighted by Crippen LogP contribution is 2.66. The van der Waals surface area contributed by atoms with E-state index in [1.807, 2.05) is 0 Å². The first kappa shape index (κ1) is 20.0. The minimum Gasteiger partial charge on any atom is -0.400 e. The van der Waals surface area contributed by atoms with Crippen LogP contribution in [0.4, 0.5) is 5.88 Å². The predicted octanol–water partition coefficient (Wildman–Crippen LogP) is 4.96. The highest BCUT2D eigenvalue weighted by atomic mass is 16.6. The Labute approximate surface area is 181 Å². The number of amides is 1. The zero-order valence-electron chi connectivity index (χ0n) is 17.5. The monoisotopic (exact) mass is 421 g/mol. The fourth-order valence-electron chi connectivity index (χ4n) is 6.99. The van der Waals surface area contributed by atoms with Gasteiger partial charge in [-0.15, -0.1) is 0 Å². The van der Waals surface area contributed by atoms with Crippen molar-refractivity contribution in [3.63, 3.8) is 0 Å². The summed E-state index contributed by atoms with van der Waals surface area (Å²) >= 11 is 0. The lowest BCUT2D eigenvalue weighted by Gasteiger charge is -2.62. The number of nitro groups is 1. The van der Waals surface area contributed by atoms with E-state index in [2.05, 4.69) is 40.9 Å². The van der Waals surface area contributed by atoms with Gasteiger partial charge in [0, 0.05) is 6.42 Å². The van der Waals surface area contributed by atoms with E-state index in [1.165, 1.54) is 62.4 Å². The molecule has 2 unspecified atom stereocenters. The maximum Gasteiger partial charge on any atom is 0.433 e. The van der Waals surface area contributed by atoms with Crippen molar-refractivity contribution in [2.45, 2.75) is 56.8 Å². The number of carbonyl (C=O) groups excluding carboxylic acids is 1. The molecule has 1 heterocycles. The van der Waals surface area contributed by atoms with Crippen LogP contribution in [0.2, 0.25) is 0 Å². The van der Waals surface area contributed by atoms with Crippen molar-refractivity contribution in [3.05, 3.63) is 63.9 Å². The summed E-state index contributed by atoms with van der Waals surface area (Å²) in [4.78, 5) is 22.5. The molecule has 4 saturated carbocycles. The third-order valence-electron chi connectivity index (χ3n) is 7.62. The molecule has 4 bridgehead atoms.